The first kappa shape index (κ1) is 14.3. The Morgan fingerprint density at radius 1 is 1.29 bits per heavy atom. The number of alkyl halides is 1. The molecule has 1 rings (SSSR count). The first-order chi connectivity index (χ1) is 8.06. The summed E-state index contributed by atoms with van der Waals surface area (Å²) in [6.07, 6.45) is 0.936. The van der Waals surface area contributed by atoms with Crippen LogP contribution in [0.5, 0.6) is 5.75 Å². The van der Waals surface area contributed by atoms with E-state index in [4.69, 9.17) is 16.3 Å². The second-order valence-electron chi connectivity index (χ2n) is 4.38. The zero-order chi connectivity index (χ0) is 13.0. The Kier molecular flexibility index (Phi) is 5.29. The Bertz CT molecular complexity index is 390. The second kappa shape index (κ2) is 6.27. The molecule has 0 radical (unpaired) electrons. The first-order valence-corrected chi connectivity index (χ1v) is 6.48. The normalized spacial score (nSPS) is 12.6. The van der Waals surface area contributed by atoms with Gasteiger partial charge in [0.25, 0.3) is 0 Å². The van der Waals surface area contributed by atoms with Gasteiger partial charge in [0.05, 0.1) is 7.11 Å². The first-order valence-electron chi connectivity index (χ1n) is 5.94. The van der Waals surface area contributed by atoms with E-state index in [0.717, 1.165) is 12.2 Å². The van der Waals surface area contributed by atoms with Crippen molar-refractivity contribution in [3.05, 3.63) is 28.3 Å². The van der Waals surface area contributed by atoms with Crippen molar-refractivity contribution >= 4 is 11.6 Å². The van der Waals surface area contributed by atoms with E-state index in [1.165, 1.54) is 22.3 Å². The maximum absolute atomic E-state index is 5.86. The lowest BCUT2D eigenvalue weighted by Gasteiger charge is -2.23. The molecule has 1 N–H and O–H groups in total. The summed E-state index contributed by atoms with van der Waals surface area (Å²) < 4.78 is 5.39. The molecular formula is C14H22ClNO. The van der Waals surface area contributed by atoms with Gasteiger partial charge in [0, 0.05) is 11.9 Å². The van der Waals surface area contributed by atoms with E-state index in [-0.39, 0.29) is 0 Å². The summed E-state index contributed by atoms with van der Waals surface area (Å²) in [5, 5.41) is 3.34. The lowest BCUT2D eigenvalue weighted by Crippen LogP contribution is -2.19. The SMILES string of the molecule is CNC(CCCl)c1c(C)cc(OC)c(C)c1C. The van der Waals surface area contributed by atoms with Gasteiger partial charge in [-0.15, -0.1) is 11.6 Å². The number of hydrogen-bond donors (Lipinski definition) is 1. The predicted octanol–water partition coefficient (Wildman–Crippen LogP) is 3.51. The maximum Gasteiger partial charge on any atom is 0.122 e. The molecule has 1 aromatic carbocycles. The predicted molar refractivity (Wildman–Crippen MR) is 74.3 cm³/mol. The molecule has 2 nitrogen and oxygen atoms in total. The lowest BCUT2D eigenvalue weighted by molar-refractivity contribution is 0.410. The number of benzene rings is 1. The van der Waals surface area contributed by atoms with Crippen molar-refractivity contribution in [1.82, 2.24) is 5.32 Å². The average molecular weight is 256 g/mol. The van der Waals surface area contributed by atoms with Gasteiger partial charge in [-0.25, -0.2) is 0 Å². The standard InChI is InChI=1S/C14H22ClNO/c1-9-8-13(17-5)10(2)11(3)14(9)12(16-4)6-7-15/h8,12,16H,6-7H2,1-5H3. The van der Waals surface area contributed by atoms with Crippen molar-refractivity contribution in [2.24, 2.45) is 0 Å². The molecule has 1 atom stereocenters. The zero-order valence-electron chi connectivity index (χ0n) is 11.4. The molecule has 0 aliphatic heterocycles. The highest BCUT2D eigenvalue weighted by atomic mass is 35.5. The monoisotopic (exact) mass is 255 g/mol. The highest BCUT2D eigenvalue weighted by molar-refractivity contribution is 6.17. The molecule has 0 saturated heterocycles. The smallest absolute Gasteiger partial charge is 0.122 e. The van der Waals surface area contributed by atoms with Crippen LogP contribution in [-0.2, 0) is 0 Å². The van der Waals surface area contributed by atoms with Crippen molar-refractivity contribution in [3.8, 4) is 5.75 Å². The van der Waals surface area contributed by atoms with Crippen molar-refractivity contribution in [1.29, 1.82) is 0 Å². The molecule has 0 fully saturated rings. The van der Waals surface area contributed by atoms with Crippen LogP contribution < -0.4 is 10.1 Å². The van der Waals surface area contributed by atoms with Gasteiger partial charge in [0.1, 0.15) is 5.75 Å². The van der Waals surface area contributed by atoms with Gasteiger partial charge < -0.3 is 10.1 Å². The lowest BCUT2D eigenvalue weighted by atomic mass is 9.91. The number of halogens is 1. The molecule has 17 heavy (non-hydrogen) atoms. The number of rotatable bonds is 5. The number of nitrogens with one attached hydrogen (secondary N) is 1. The van der Waals surface area contributed by atoms with Gasteiger partial charge in [-0.2, -0.15) is 0 Å². The molecule has 0 spiro atoms. The minimum absolute atomic E-state index is 0.317. The molecular weight excluding hydrogens is 234 g/mol. The Balaban J connectivity index is 3.28. The van der Waals surface area contributed by atoms with E-state index in [1.54, 1.807) is 7.11 Å². The molecule has 0 aliphatic carbocycles. The second-order valence-corrected chi connectivity index (χ2v) is 4.76. The van der Waals surface area contributed by atoms with Crippen LogP contribution in [0, 0.1) is 20.8 Å². The van der Waals surface area contributed by atoms with Crippen LogP contribution in [0.2, 0.25) is 0 Å². The minimum atomic E-state index is 0.317. The van der Waals surface area contributed by atoms with E-state index >= 15 is 0 Å². The van der Waals surface area contributed by atoms with E-state index in [0.29, 0.717) is 11.9 Å². The quantitative estimate of drug-likeness (QED) is 0.813. The van der Waals surface area contributed by atoms with Crippen LogP contribution in [0.15, 0.2) is 6.07 Å². The Labute approximate surface area is 109 Å². The zero-order valence-corrected chi connectivity index (χ0v) is 12.1. The van der Waals surface area contributed by atoms with Crippen molar-refractivity contribution in [3.63, 3.8) is 0 Å². The van der Waals surface area contributed by atoms with Crippen LogP contribution >= 0.6 is 11.6 Å². The molecule has 1 unspecified atom stereocenters. The molecule has 0 amide bonds. The summed E-state index contributed by atoms with van der Waals surface area (Å²) in [6.45, 7) is 6.38. The summed E-state index contributed by atoms with van der Waals surface area (Å²) in [6, 6.07) is 2.42. The molecule has 1 aromatic rings. The fourth-order valence-corrected chi connectivity index (χ4v) is 2.57. The topological polar surface area (TPSA) is 21.3 Å². The third kappa shape index (κ3) is 2.93. The van der Waals surface area contributed by atoms with E-state index in [1.807, 2.05) is 7.05 Å². The van der Waals surface area contributed by atoms with Crippen LogP contribution in [0.25, 0.3) is 0 Å². The van der Waals surface area contributed by atoms with E-state index in [2.05, 4.69) is 32.2 Å². The van der Waals surface area contributed by atoms with Gasteiger partial charge in [-0.1, -0.05) is 0 Å². The summed E-state index contributed by atoms with van der Waals surface area (Å²) >= 11 is 5.86. The van der Waals surface area contributed by atoms with Gasteiger partial charge in [-0.3, -0.25) is 0 Å². The minimum Gasteiger partial charge on any atom is -0.496 e. The Hall–Kier alpha value is -0.730. The molecule has 0 saturated carbocycles. The molecule has 96 valence electrons. The molecule has 0 heterocycles. The van der Waals surface area contributed by atoms with Crippen LogP contribution in [0.3, 0.4) is 0 Å². The highest BCUT2D eigenvalue weighted by Gasteiger charge is 2.17. The highest BCUT2D eigenvalue weighted by Crippen LogP contribution is 2.32. The van der Waals surface area contributed by atoms with Crippen molar-refractivity contribution in [2.45, 2.75) is 33.2 Å². The number of hydrogen-bond acceptors (Lipinski definition) is 2. The molecule has 0 aliphatic rings. The summed E-state index contributed by atoms with van der Waals surface area (Å²) in [5.41, 5.74) is 5.12. The Morgan fingerprint density at radius 2 is 1.94 bits per heavy atom. The number of ether oxygens (including phenoxy) is 1. The maximum atomic E-state index is 5.86. The van der Waals surface area contributed by atoms with Crippen LogP contribution in [0.1, 0.15) is 34.7 Å². The fraction of sp³-hybridized carbons (Fsp3) is 0.571. The third-order valence-electron chi connectivity index (χ3n) is 3.42. The molecule has 0 aromatic heterocycles. The summed E-state index contributed by atoms with van der Waals surface area (Å²) in [4.78, 5) is 0. The van der Waals surface area contributed by atoms with Gasteiger partial charge in [0.15, 0.2) is 0 Å². The summed E-state index contributed by atoms with van der Waals surface area (Å²) in [5.74, 6) is 1.62. The third-order valence-corrected chi connectivity index (χ3v) is 3.64. The number of methoxy groups -OCH3 is 1. The van der Waals surface area contributed by atoms with Crippen molar-refractivity contribution < 1.29 is 4.74 Å². The molecule has 0 bridgehead atoms. The van der Waals surface area contributed by atoms with Crippen LogP contribution in [-0.4, -0.2) is 20.0 Å². The Morgan fingerprint density at radius 3 is 2.41 bits per heavy atom. The van der Waals surface area contributed by atoms with Gasteiger partial charge >= 0.3 is 0 Å². The van der Waals surface area contributed by atoms with E-state index < -0.39 is 0 Å². The average Bonchev–Trinajstić information content (AvgIpc) is 2.32. The largest absolute Gasteiger partial charge is 0.496 e. The van der Waals surface area contributed by atoms with Gasteiger partial charge in [0.2, 0.25) is 0 Å². The van der Waals surface area contributed by atoms with Crippen molar-refractivity contribution in [2.75, 3.05) is 20.0 Å². The molecule has 3 heteroatoms. The van der Waals surface area contributed by atoms with E-state index in [9.17, 15) is 0 Å². The fourth-order valence-electron chi connectivity index (χ4n) is 2.36. The summed E-state index contributed by atoms with van der Waals surface area (Å²) in [7, 11) is 3.70. The van der Waals surface area contributed by atoms with Gasteiger partial charge in [-0.05, 0) is 62.6 Å². The number of aryl methyl sites for hydroxylation is 1. The van der Waals surface area contributed by atoms with Crippen LogP contribution in [0.4, 0.5) is 0 Å².